The Morgan fingerprint density at radius 3 is 2.50 bits per heavy atom. The maximum Gasteiger partial charge on any atom is 0.416 e. The molecule has 0 saturated carbocycles. The topological polar surface area (TPSA) is 38.3 Å². The van der Waals surface area contributed by atoms with E-state index in [0.29, 0.717) is 11.1 Å². The van der Waals surface area contributed by atoms with Gasteiger partial charge < -0.3 is 10.1 Å². The summed E-state index contributed by atoms with van der Waals surface area (Å²) in [6, 6.07) is 12.1. The summed E-state index contributed by atoms with van der Waals surface area (Å²) >= 11 is 0. The van der Waals surface area contributed by atoms with Crippen molar-refractivity contribution in [1.29, 1.82) is 0 Å². The van der Waals surface area contributed by atoms with Crippen molar-refractivity contribution in [3.05, 3.63) is 70.8 Å². The van der Waals surface area contributed by atoms with Crippen LogP contribution in [0, 0.1) is 0 Å². The van der Waals surface area contributed by atoms with Crippen molar-refractivity contribution in [2.45, 2.75) is 12.7 Å². The molecule has 0 fully saturated rings. The molecule has 0 radical (unpaired) electrons. The van der Waals surface area contributed by atoms with Crippen LogP contribution in [0.1, 0.15) is 16.7 Å². The van der Waals surface area contributed by atoms with E-state index in [9.17, 15) is 18.0 Å². The first-order chi connectivity index (χ1) is 11.4. The zero-order valence-corrected chi connectivity index (χ0v) is 12.6. The molecule has 0 spiro atoms. The van der Waals surface area contributed by atoms with Gasteiger partial charge in [-0.3, -0.25) is 4.79 Å². The van der Waals surface area contributed by atoms with Crippen molar-refractivity contribution in [3.8, 4) is 5.75 Å². The molecule has 1 N–H and O–H groups in total. The van der Waals surface area contributed by atoms with Gasteiger partial charge in [0.1, 0.15) is 12.4 Å². The van der Waals surface area contributed by atoms with Gasteiger partial charge >= 0.3 is 6.18 Å². The standard InChI is InChI=1S/C18H14F3NO2/c19-18(20,21)15-7-5-12(6-8-15)10-22-17(23)14-9-13-3-1-2-4-16(13)24-11-14/h1-9H,10-11H2,(H,22,23). The van der Waals surface area contributed by atoms with E-state index in [-0.39, 0.29) is 19.1 Å². The third-order valence-corrected chi connectivity index (χ3v) is 3.66. The van der Waals surface area contributed by atoms with E-state index < -0.39 is 11.7 Å². The van der Waals surface area contributed by atoms with Crippen LogP contribution in [-0.2, 0) is 17.5 Å². The van der Waals surface area contributed by atoms with Crippen molar-refractivity contribution in [1.82, 2.24) is 5.32 Å². The van der Waals surface area contributed by atoms with E-state index in [2.05, 4.69) is 5.32 Å². The number of hydrogen-bond acceptors (Lipinski definition) is 2. The van der Waals surface area contributed by atoms with Gasteiger partial charge in [-0.15, -0.1) is 0 Å². The molecule has 1 aliphatic heterocycles. The molecule has 0 unspecified atom stereocenters. The molecular weight excluding hydrogens is 319 g/mol. The smallest absolute Gasteiger partial charge is 0.416 e. The highest BCUT2D eigenvalue weighted by Gasteiger charge is 2.29. The monoisotopic (exact) mass is 333 g/mol. The van der Waals surface area contributed by atoms with Gasteiger partial charge in [-0.1, -0.05) is 30.3 Å². The first-order valence-corrected chi connectivity index (χ1v) is 7.30. The van der Waals surface area contributed by atoms with Gasteiger partial charge in [0.25, 0.3) is 5.91 Å². The highest BCUT2D eigenvalue weighted by molar-refractivity contribution is 5.99. The third kappa shape index (κ3) is 3.59. The van der Waals surface area contributed by atoms with Crippen LogP contribution in [0.2, 0.25) is 0 Å². The molecule has 0 bridgehead atoms. The lowest BCUT2D eigenvalue weighted by molar-refractivity contribution is -0.137. The van der Waals surface area contributed by atoms with Crippen LogP contribution in [-0.4, -0.2) is 12.5 Å². The largest absolute Gasteiger partial charge is 0.488 e. The van der Waals surface area contributed by atoms with Crippen LogP contribution in [0.3, 0.4) is 0 Å². The summed E-state index contributed by atoms with van der Waals surface area (Å²) in [6.45, 7) is 0.311. The zero-order valence-electron chi connectivity index (χ0n) is 12.6. The molecule has 0 atom stereocenters. The third-order valence-electron chi connectivity index (χ3n) is 3.66. The number of amides is 1. The van der Waals surface area contributed by atoms with Gasteiger partial charge in [-0.05, 0) is 29.8 Å². The van der Waals surface area contributed by atoms with E-state index in [1.807, 2.05) is 24.3 Å². The Kier molecular flexibility index (Phi) is 4.29. The second-order valence-electron chi connectivity index (χ2n) is 5.37. The number of carbonyl (C=O) groups excluding carboxylic acids is 1. The first-order valence-electron chi connectivity index (χ1n) is 7.30. The molecular formula is C18H14F3NO2. The number of fused-ring (bicyclic) bond motifs is 1. The summed E-state index contributed by atoms with van der Waals surface area (Å²) in [5.74, 6) is 0.418. The number of para-hydroxylation sites is 1. The highest BCUT2D eigenvalue weighted by atomic mass is 19.4. The number of rotatable bonds is 3. The number of nitrogens with one attached hydrogen (secondary N) is 1. The fraction of sp³-hybridized carbons (Fsp3) is 0.167. The summed E-state index contributed by atoms with van der Waals surface area (Å²) in [7, 11) is 0. The van der Waals surface area contributed by atoms with Gasteiger partial charge in [0.2, 0.25) is 0 Å². The molecule has 2 aromatic rings. The molecule has 3 rings (SSSR count). The first kappa shape index (κ1) is 16.1. The zero-order chi connectivity index (χ0) is 17.2. The van der Waals surface area contributed by atoms with Crippen molar-refractivity contribution in [2.75, 3.05) is 6.61 Å². The summed E-state index contributed by atoms with van der Waals surface area (Å²) in [6.07, 6.45) is -2.61. The van der Waals surface area contributed by atoms with E-state index in [4.69, 9.17) is 4.74 Å². The molecule has 124 valence electrons. The number of hydrogen-bond donors (Lipinski definition) is 1. The van der Waals surface area contributed by atoms with Crippen molar-refractivity contribution < 1.29 is 22.7 Å². The fourth-order valence-corrected chi connectivity index (χ4v) is 2.35. The minimum Gasteiger partial charge on any atom is -0.488 e. The maximum atomic E-state index is 12.5. The van der Waals surface area contributed by atoms with E-state index in [1.165, 1.54) is 12.1 Å². The Balaban J connectivity index is 1.63. The summed E-state index contributed by atoms with van der Waals surface area (Å²) in [5.41, 5.74) is 1.18. The van der Waals surface area contributed by atoms with Crippen molar-refractivity contribution >= 4 is 12.0 Å². The van der Waals surface area contributed by atoms with E-state index >= 15 is 0 Å². The van der Waals surface area contributed by atoms with Crippen LogP contribution >= 0.6 is 0 Å². The summed E-state index contributed by atoms with van der Waals surface area (Å²) in [4.78, 5) is 12.2. The van der Waals surface area contributed by atoms with Crippen molar-refractivity contribution in [2.24, 2.45) is 0 Å². The molecule has 1 aliphatic rings. The number of alkyl halides is 3. The Hall–Kier alpha value is -2.76. The maximum absolute atomic E-state index is 12.5. The van der Waals surface area contributed by atoms with E-state index in [1.54, 1.807) is 6.08 Å². The number of benzene rings is 2. The van der Waals surface area contributed by atoms with Crippen LogP contribution < -0.4 is 10.1 Å². The number of halogens is 3. The van der Waals surface area contributed by atoms with Gasteiger partial charge in [0, 0.05) is 12.1 Å². The molecule has 24 heavy (non-hydrogen) atoms. The van der Waals surface area contributed by atoms with Gasteiger partial charge in [-0.2, -0.15) is 13.2 Å². The van der Waals surface area contributed by atoms with Gasteiger partial charge in [0.15, 0.2) is 0 Å². The van der Waals surface area contributed by atoms with E-state index in [0.717, 1.165) is 23.4 Å². The Morgan fingerprint density at radius 1 is 1.08 bits per heavy atom. The quantitative estimate of drug-likeness (QED) is 0.928. The van der Waals surface area contributed by atoms with Gasteiger partial charge in [-0.25, -0.2) is 0 Å². The minimum absolute atomic E-state index is 0.149. The summed E-state index contributed by atoms with van der Waals surface area (Å²) < 4.78 is 43.0. The average molecular weight is 333 g/mol. The van der Waals surface area contributed by atoms with Crippen LogP contribution in [0.4, 0.5) is 13.2 Å². The van der Waals surface area contributed by atoms with Crippen molar-refractivity contribution in [3.63, 3.8) is 0 Å². The predicted octanol–water partition coefficient (Wildman–Crippen LogP) is 3.80. The number of carbonyl (C=O) groups is 1. The minimum atomic E-state index is -4.36. The molecule has 3 nitrogen and oxygen atoms in total. The molecule has 0 aliphatic carbocycles. The average Bonchev–Trinajstić information content (AvgIpc) is 2.59. The van der Waals surface area contributed by atoms with Crippen LogP contribution in [0.15, 0.2) is 54.1 Å². The Bertz CT molecular complexity index is 780. The molecule has 0 aromatic heterocycles. The fourth-order valence-electron chi connectivity index (χ4n) is 2.35. The highest BCUT2D eigenvalue weighted by Crippen LogP contribution is 2.29. The molecule has 0 saturated heterocycles. The lowest BCUT2D eigenvalue weighted by Crippen LogP contribution is -2.28. The Labute approximate surface area is 136 Å². The summed E-state index contributed by atoms with van der Waals surface area (Å²) in [5, 5.41) is 2.69. The second-order valence-corrected chi connectivity index (χ2v) is 5.37. The van der Waals surface area contributed by atoms with Gasteiger partial charge in [0.05, 0.1) is 11.1 Å². The Morgan fingerprint density at radius 2 is 1.79 bits per heavy atom. The molecule has 1 heterocycles. The SMILES string of the molecule is O=C(NCc1ccc(C(F)(F)F)cc1)C1=Cc2ccccc2OC1. The molecule has 1 amide bonds. The number of ether oxygens (including phenoxy) is 1. The second kappa shape index (κ2) is 6.39. The normalized spacial score (nSPS) is 13.5. The van der Waals surface area contributed by atoms with Crippen LogP contribution in [0.25, 0.3) is 6.08 Å². The lowest BCUT2D eigenvalue weighted by atomic mass is 10.1. The van der Waals surface area contributed by atoms with Crippen LogP contribution in [0.5, 0.6) is 5.75 Å². The lowest BCUT2D eigenvalue weighted by Gasteiger charge is -2.17. The molecule has 6 heteroatoms. The predicted molar refractivity (Wildman–Crippen MR) is 83.2 cm³/mol. The molecule has 2 aromatic carbocycles.